The third-order valence-corrected chi connectivity index (χ3v) is 1.97. The van der Waals surface area contributed by atoms with Gasteiger partial charge < -0.3 is 14.3 Å². The van der Waals surface area contributed by atoms with E-state index in [0.29, 0.717) is 24.6 Å². The maximum atomic E-state index is 10.3. The number of aromatic nitrogens is 2. The second kappa shape index (κ2) is 5.45. The average molecular weight is 214 g/mol. The highest BCUT2D eigenvalue weighted by Crippen LogP contribution is 2.14. The molecule has 0 aliphatic rings. The molecule has 0 aliphatic heterocycles. The number of ether oxygens (including phenoxy) is 1. The summed E-state index contributed by atoms with van der Waals surface area (Å²) in [5.41, 5.74) is 0. The molecule has 0 saturated carbocycles. The molecule has 0 fully saturated rings. The van der Waals surface area contributed by atoms with Gasteiger partial charge in [0.1, 0.15) is 6.10 Å². The van der Waals surface area contributed by atoms with Crippen LogP contribution in [-0.4, -0.2) is 28.4 Å². The van der Waals surface area contributed by atoms with Gasteiger partial charge in [-0.1, -0.05) is 0 Å². The van der Waals surface area contributed by atoms with Crippen molar-refractivity contribution in [1.29, 1.82) is 0 Å². The van der Waals surface area contributed by atoms with E-state index in [1.165, 1.54) is 0 Å². The van der Waals surface area contributed by atoms with Gasteiger partial charge in [-0.2, -0.15) is 0 Å². The van der Waals surface area contributed by atoms with Gasteiger partial charge in [-0.15, -0.1) is 10.2 Å². The zero-order valence-electron chi connectivity index (χ0n) is 8.77. The number of hydrogen-bond donors (Lipinski definition) is 1. The van der Waals surface area contributed by atoms with Crippen molar-refractivity contribution in [3.05, 3.63) is 11.8 Å². The van der Waals surface area contributed by atoms with E-state index in [1.54, 1.807) is 14.0 Å². The lowest BCUT2D eigenvalue weighted by atomic mass is 10.2. The Hall–Kier alpha value is -1.43. The fraction of sp³-hybridized carbons (Fsp3) is 0.667. The summed E-state index contributed by atoms with van der Waals surface area (Å²) in [5.74, 6) is 0.0537. The van der Waals surface area contributed by atoms with E-state index >= 15 is 0 Å². The molecule has 6 nitrogen and oxygen atoms in total. The topological polar surface area (TPSA) is 85.5 Å². The van der Waals surface area contributed by atoms with Crippen LogP contribution in [0.3, 0.4) is 0 Å². The summed E-state index contributed by atoms with van der Waals surface area (Å²) in [6.45, 7) is 1.80. The van der Waals surface area contributed by atoms with Gasteiger partial charge in [-0.25, -0.2) is 0 Å². The first-order valence-electron chi connectivity index (χ1n) is 4.70. The zero-order valence-corrected chi connectivity index (χ0v) is 8.77. The highest BCUT2D eigenvalue weighted by molar-refractivity contribution is 5.66. The molecular weight excluding hydrogens is 200 g/mol. The first-order chi connectivity index (χ1) is 7.13. The second-order valence-corrected chi connectivity index (χ2v) is 3.16. The van der Waals surface area contributed by atoms with Crippen molar-refractivity contribution in [3.63, 3.8) is 0 Å². The van der Waals surface area contributed by atoms with E-state index < -0.39 is 5.97 Å². The van der Waals surface area contributed by atoms with Crippen molar-refractivity contribution in [1.82, 2.24) is 10.2 Å². The maximum Gasteiger partial charge on any atom is 0.303 e. The van der Waals surface area contributed by atoms with Crippen LogP contribution in [0.5, 0.6) is 0 Å². The molecule has 1 unspecified atom stereocenters. The molecule has 0 saturated heterocycles. The second-order valence-electron chi connectivity index (χ2n) is 3.16. The van der Waals surface area contributed by atoms with Crippen LogP contribution in [0.25, 0.3) is 0 Å². The standard InChI is InChI=1S/C9H14N2O4/c1-6(14-2)9-11-10-7(15-9)4-3-5-8(12)13/h6H,3-5H2,1-2H3,(H,12,13). The first-order valence-corrected chi connectivity index (χ1v) is 4.70. The lowest BCUT2D eigenvalue weighted by Crippen LogP contribution is -1.96. The Morgan fingerprint density at radius 3 is 2.93 bits per heavy atom. The third kappa shape index (κ3) is 3.67. The number of hydrogen-bond acceptors (Lipinski definition) is 5. The number of carboxylic acid groups (broad SMARTS) is 1. The largest absolute Gasteiger partial charge is 0.481 e. The molecule has 15 heavy (non-hydrogen) atoms. The molecule has 0 bridgehead atoms. The van der Waals surface area contributed by atoms with Crippen molar-refractivity contribution in [2.75, 3.05) is 7.11 Å². The summed E-state index contributed by atoms with van der Waals surface area (Å²) in [6, 6.07) is 0. The molecule has 0 aliphatic carbocycles. The zero-order chi connectivity index (χ0) is 11.3. The molecule has 1 N–H and O–H groups in total. The van der Waals surface area contributed by atoms with Gasteiger partial charge in [0.05, 0.1) is 0 Å². The van der Waals surface area contributed by atoms with Crippen LogP contribution >= 0.6 is 0 Å². The minimum atomic E-state index is -0.819. The van der Waals surface area contributed by atoms with Gasteiger partial charge in [0, 0.05) is 20.0 Å². The van der Waals surface area contributed by atoms with Crippen molar-refractivity contribution >= 4 is 5.97 Å². The molecule has 1 atom stereocenters. The predicted octanol–water partition coefficient (Wildman–Crippen LogP) is 1.18. The Morgan fingerprint density at radius 1 is 1.60 bits per heavy atom. The van der Waals surface area contributed by atoms with E-state index in [2.05, 4.69) is 10.2 Å². The minimum Gasteiger partial charge on any atom is -0.481 e. The number of methoxy groups -OCH3 is 1. The predicted molar refractivity (Wildman–Crippen MR) is 50.3 cm³/mol. The lowest BCUT2D eigenvalue weighted by Gasteiger charge is -2.01. The Labute approximate surface area is 87.3 Å². The Balaban J connectivity index is 2.42. The van der Waals surface area contributed by atoms with Gasteiger partial charge in [0.25, 0.3) is 0 Å². The quantitative estimate of drug-likeness (QED) is 0.765. The summed E-state index contributed by atoms with van der Waals surface area (Å²) in [4.78, 5) is 10.3. The molecule has 0 aromatic carbocycles. The number of rotatable bonds is 6. The summed E-state index contributed by atoms with van der Waals surface area (Å²) < 4.78 is 10.3. The van der Waals surface area contributed by atoms with Crippen molar-refractivity contribution in [2.24, 2.45) is 0 Å². The molecular formula is C9H14N2O4. The van der Waals surface area contributed by atoms with E-state index in [-0.39, 0.29) is 12.5 Å². The smallest absolute Gasteiger partial charge is 0.303 e. The van der Waals surface area contributed by atoms with Gasteiger partial charge in [-0.3, -0.25) is 4.79 Å². The summed E-state index contributed by atoms with van der Waals surface area (Å²) in [6.07, 6.45) is 0.858. The molecule has 1 rings (SSSR count). The maximum absolute atomic E-state index is 10.3. The SMILES string of the molecule is COC(C)c1nnc(CCCC(=O)O)o1. The fourth-order valence-electron chi connectivity index (χ4n) is 1.02. The van der Waals surface area contributed by atoms with E-state index in [1.807, 2.05) is 0 Å². The highest BCUT2D eigenvalue weighted by Gasteiger charge is 2.12. The minimum absolute atomic E-state index is 0.109. The molecule has 6 heteroatoms. The average Bonchev–Trinajstić information content (AvgIpc) is 2.65. The summed E-state index contributed by atoms with van der Waals surface area (Å²) >= 11 is 0. The highest BCUT2D eigenvalue weighted by atomic mass is 16.5. The van der Waals surface area contributed by atoms with Gasteiger partial charge in [-0.05, 0) is 13.3 Å². The Kier molecular flexibility index (Phi) is 4.23. The number of carbonyl (C=O) groups is 1. The molecule has 1 aromatic heterocycles. The third-order valence-electron chi connectivity index (χ3n) is 1.97. The van der Waals surface area contributed by atoms with Crippen LogP contribution in [0.15, 0.2) is 4.42 Å². The van der Waals surface area contributed by atoms with Crippen LogP contribution in [0.1, 0.15) is 37.7 Å². The monoisotopic (exact) mass is 214 g/mol. The van der Waals surface area contributed by atoms with Crippen molar-refractivity contribution in [2.45, 2.75) is 32.3 Å². The molecule has 0 spiro atoms. The molecule has 0 amide bonds. The number of carboxylic acids is 1. The first kappa shape index (κ1) is 11.6. The van der Waals surface area contributed by atoms with Crippen LogP contribution in [0.4, 0.5) is 0 Å². The van der Waals surface area contributed by atoms with Gasteiger partial charge >= 0.3 is 5.97 Å². The fourth-order valence-corrected chi connectivity index (χ4v) is 1.02. The van der Waals surface area contributed by atoms with Crippen LogP contribution in [-0.2, 0) is 16.0 Å². The lowest BCUT2D eigenvalue weighted by molar-refractivity contribution is -0.137. The molecule has 0 radical (unpaired) electrons. The van der Waals surface area contributed by atoms with E-state index in [9.17, 15) is 4.79 Å². The molecule has 84 valence electrons. The van der Waals surface area contributed by atoms with Gasteiger partial charge in [0.2, 0.25) is 11.8 Å². The molecule has 1 aromatic rings. The van der Waals surface area contributed by atoms with Crippen molar-refractivity contribution < 1.29 is 19.1 Å². The van der Waals surface area contributed by atoms with E-state index in [4.69, 9.17) is 14.3 Å². The Bertz CT molecular complexity index is 324. The number of nitrogens with zero attached hydrogens (tertiary/aromatic N) is 2. The Morgan fingerprint density at radius 2 is 2.33 bits per heavy atom. The van der Waals surface area contributed by atoms with Crippen molar-refractivity contribution in [3.8, 4) is 0 Å². The van der Waals surface area contributed by atoms with Crippen LogP contribution in [0, 0.1) is 0 Å². The van der Waals surface area contributed by atoms with Gasteiger partial charge in [0.15, 0.2) is 0 Å². The molecule has 1 heterocycles. The number of aryl methyl sites for hydroxylation is 1. The van der Waals surface area contributed by atoms with Crippen LogP contribution in [0.2, 0.25) is 0 Å². The summed E-state index contributed by atoms with van der Waals surface area (Å²) in [5, 5.41) is 16.0. The van der Waals surface area contributed by atoms with E-state index in [0.717, 1.165) is 0 Å². The normalized spacial score (nSPS) is 12.7. The number of aliphatic carboxylic acids is 1. The summed E-state index contributed by atoms with van der Waals surface area (Å²) in [7, 11) is 1.55. The van der Waals surface area contributed by atoms with Crippen LogP contribution < -0.4 is 0 Å².